The first-order valence-corrected chi connectivity index (χ1v) is 7.97. The Hall–Kier alpha value is -1.46. The summed E-state index contributed by atoms with van der Waals surface area (Å²) >= 11 is 6.09. The lowest BCUT2D eigenvalue weighted by molar-refractivity contribution is -0.107. The van der Waals surface area contributed by atoms with E-state index >= 15 is 0 Å². The number of aryl methyl sites for hydroxylation is 1. The third kappa shape index (κ3) is 3.26. The van der Waals surface area contributed by atoms with E-state index < -0.39 is 5.60 Å². The zero-order valence-corrected chi connectivity index (χ0v) is 14.0. The molecular formula is C18H20ClFN2O. The van der Waals surface area contributed by atoms with Gasteiger partial charge in [-0.25, -0.2) is 4.39 Å². The van der Waals surface area contributed by atoms with E-state index in [4.69, 9.17) is 22.1 Å². The predicted molar refractivity (Wildman–Crippen MR) is 90.9 cm³/mol. The maximum atomic E-state index is 14.5. The van der Waals surface area contributed by atoms with E-state index in [-0.39, 0.29) is 12.0 Å². The van der Waals surface area contributed by atoms with Gasteiger partial charge in [0, 0.05) is 23.7 Å². The molecule has 122 valence electrons. The summed E-state index contributed by atoms with van der Waals surface area (Å²) in [6.45, 7) is 4.97. The molecule has 3 nitrogen and oxygen atoms in total. The topological polar surface area (TPSA) is 47.3 Å². The van der Waals surface area contributed by atoms with E-state index in [2.05, 4.69) is 5.32 Å². The molecule has 2 aromatic rings. The zero-order valence-electron chi connectivity index (χ0n) is 13.2. The number of hydrogen-bond acceptors (Lipinski definition) is 3. The van der Waals surface area contributed by atoms with Crippen LogP contribution in [0, 0.1) is 12.7 Å². The second kappa shape index (κ2) is 6.21. The van der Waals surface area contributed by atoms with Gasteiger partial charge in [-0.2, -0.15) is 0 Å². The molecule has 0 aliphatic carbocycles. The standard InChI is InChI=1S/C18H20ClFN2O/c1-11-6-14(19)8-15(17(11)20)12-4-3-5-13(7-12)18(2)10-22-9-16(21)23-18/h3-8,16,22H,9-10,21H2,1-2H3. The minimum absolute atomic E-state index is 0.254. The minimum Gasteiger partial charge on any atom is -0.350 e. The SMILES string of the molecule is Cc1cc(Cl)cc(-c2cccc(C3(C)CNCC(N)O3)c2)c1F. The van der Waals surface area contributed by atoms with Crippen LogP contribution in [0.4, 0.5) is 4.39 Å². The van der Waals surface area contributed by atoms with Gasteiger partial charge < -0.3 is 15.8 Å². The highest BCUT2D eigenvalue weighted by molar-refractivity contribution is 6.31. The van der Waals surface area contributed by atoms with Gasteiger partial charge in [-0.05, 0) is 48.7 Å². The Bertz CT molecular complexity index is 737. The number of hydrogen-bond donors (Lipinski definition) is 2. The van der Waals surface area contributed by atoms with E-state index in [9.17, 15) is 4.39 Å². The predicted octanol–water partition coefficient (Wildman–Crippen LogP) is 3.57. The van der Waals surface area contributed by atoms with Gasteiger partial charge in [0.2, 0.25) is 0 Å². The number of nitrogens with two attached hydrogens (primary N) is 1. The fraction of sp³-hybridized carbons (Fsp3) is 0.333. The Balaban J connectivity index is 2.04. The van der Waals surface area contributed by atoms with E-state index in [1.807, 2.05) is 31.2 Å². The summed E-state index contributed by atoms with van der Waals surface area (Å²) in [7, 11) is 0. The number of halogens is 2. The monoisotopic (exact) mass is 334 g/mol. The Morgan fingerprint density at radius 3 is 2.87 bits per heavy atom. The average Bonchev–Trinajstić information content (AvgIpc) is 2.51. The van der Waals surface area contributed by atoms with Crippen LogP contribution in [0.5, 0.6) is 0 Å². The molecule has 0 amide bonds. The zero-order chi connectivity index (χ0) is 16.6. The number of rotatable bonds is 2. The summed E-state index contributed by atoms with van der Waals surface area (Å²) in [5.74, 6) is -0.254. The summed E-state index contributed by atoms with van der Waals surface area (Å²) in [5.41, 5.74) is 8.10. The Kier molecular flexibility index (Phi) is 4.43. The quantitative estimate of drug-likeness (QED) is 0.882. The lowest BCUT2D eigenvalue weighted by atomic mass is 9.91. The van der Waals surface area contributed by atoms with Crippen molar-refractivity contribution in [2.45, 2.75) is 25.7 Å². The van der Waals surface area contributed by atoms with Crippen molar-refractivity contribution in [2.75, 3.05) is 13.1 Å². The molecule has 0 aromatic heterocycles. The van der Waals surface area contributed by atoms with Crippen molar-refractivity contribution in [3.63, 3.8) is 0 Å². The van der Waals surface area contributed by atoms with Gasteiger partial charge in [0.05, 0.1) is 0 Å². The van der Waals surface area contributed by atoms with E-state index in [0.717, 1.165) is 11.1 Å². The van der Waals surface area contributed by atoms with Gasteiger partial charge in [0.15, 0.2) is 0 Å². The number of benzene rings is 2. The van der Waals surface area contributed by atoms with Crippen LogP contribution in [-0.2, 0) is 10.3 Å². The fourth-order valence-corrected chi connectivity index (χ4v) is 3.26. The van der Waals surface area contributed by atoms with Gasteiger partial charge >= 0.3 is 0 Å². The van der Waals surface area contributed by atoms with Gasteiger partial charge in [-0.1, -0.05) is 29.8 Å². The number of nitrogens with one attached hydrogen (secondary N) is 1. The Morgan fingerprint density at radius 2 is 2.13 bits per heavy atom. The number of morpholine rings is 1. The van der Waals surface area contributed by atoms with Crippen LogP contribution >= 0.6 is 11.6 Å². The molecule has 2 aromatic carbocycles. The molecular weight excluding hydrogens is 315 g/mol. The molecule has 1 aliphatic rings. The Labute approximate surface area is 140 Å². The first-order chi connectivity index (χ1) is 10.9. The second-order valence-corrected chi connectivity index (χ2v) is 6.62. The van der Waals surface area contributed by atoms with Crippen molar-refractivity contribution in [3.05, 3.63) is 58.4 Å². The molecule has 2 atom stereocenters. The molecule has 1 aliphatic heterocycles. The van der Waals surface area contributed by atoms with Crippen molar-refractivity contribution in [3.8, 4) is 11.1 Å². The lowest BCUT2D eigenvalue weighted by Gasteiger charge is -2.38. The molecule has 0 saturated carbocycles. The van der Waals surface area contributed by atoms with Gasteiger partial charge in [0.1, 0.15) is 17.6 Å². The van der Waals surface area contributed by atoms with Crippen molar-refractivity contribution in [2.24, 2.45) is 5.73 Å². The third-order valence-corrected chi connectivity index (χ3v) is 4.44. The molecule has 2 unspecified atom stereocenters. The summed E-state index contributed by atoms with van der Waals surface area (Å²) in [4.78, 5) is 0. The summed E-state index contributed by atoms with van der Waals surface area (Å²) in [6, 6.07) is 11.0. The summed E-state index contributed by atoms with van der Waals surface area (Å²) in [6.07, 6.45) is -0.359. The maximum absolute atomic E-state index is 14.5. The summed E-state index contributed by atoms with van der Waals surface area (Å²) < 4.78 is 20.4. The van der Waals surface area contributed by atoms with Crippen LogP contribution in [0.1, 0.15) is 18.1 Å². The molecule has 1 heterocycles. The highest BCUT2D eigenvalue weighted by Crippen LogP contribution is 2.33. The van der Waals surface area contributed by atoms with Crippen LogP contribution < -0.4 is 11.1 Å². The molecule has 5 heteroatoms. The van der Waals surface area contributed by atoms with Crippen LogP contribution in [0.15, 0.2) is 36.4 Å². The minimum atomic E-state index is -0.544. The van der Waals surface area contributed by atoms with Crippen molar-refractivity contribution >= 4 is 11.6 Å². The molecule has 1 fully saturated rings. The largest absolute Gasteiger partial charge is 0.350 e. The molecule has 0 radical (unpaired) electrons. The third-order valence-electron chi connectivity index (χ3n) is 4.22. The molecule has 1 saturated heterocycles. The summed E-state index contributed by atoms with van der Waals surface area (Å²) in [5, 5.41) is 3.79. The van der Waals surface area contributed by atoms with Crippen molar-refractivity contribution in [1.82, 2.24) is 5.32 Å². The number of ether oxygens (including phenoxy) is 1. The van der Waals surface area contributed by atoms with Crippen LogP contribution in [0.2, 0.25) is 5.02 Å². The van der Waals surface area contributed by atoms with Crippen LogP contribution in [0.25, 0.3) is 11.1 Å². The average molecular weight is 335 g/mol. The molecule has 3 N–H and O–H groups in total. The van der Waals surface area contributed by atoms with Gasteiger partial charge in [-0.3, -0.25) is 0 Å². The van der Waals surface area contributed by atoms with Gasteiger partial charge in [0.25, 0.3) is 0 Å². The van der Waals surface area contributed by atoms with Gasteiger partial charge in [-0.15, -0.1) is 0 Å². The van der Waals surface area contributed by atoms with E-state index in [1.54, 1.807) is 19.1 Å². The lowest BCUT2D eigenvalue weighted by Crippen LogP contribution is -2.53. The Morgan fingerprint density at radius 1 is 1.35 bits per heavy atom. The molecule has 3 rings (SSSR count). The van der Waals surface area contributed by atoms with Crippen molar-refractivity contribution < 1.29 is 9.13 Å². The van der Waals surface area contributed by atoms with E-state index in [0.29, 0.717) is 29.2 Å². The highest BCUT2D eigenvalue weighted by Gasteiger charge is 2.33. The first kappa shape index (κ1) is 16.4. The normalized spacial score (nSPS) is 24.7. The first-order valence-electron chi connectivity index (χ1n) is 7.60. The highest BCUT2D eigenvalue weighted by atomic mass is 35.5. The second-order valence-electron chi connectivity index (χ2n) is 6.18. The maximum Gasteiger partial charge on any atom is 0.134 e. The molecule has 0 bridgehead atoms. The van der Waals surface area contributed by atoms with Crippen molar-refractivity contribution in [1.29, 1.82) is 0 Å². The van der Waals surface area contributed by atoms with Crippen LogP contribution in [0.3, 0.4) is 0 Å². The van der Waals surface area contributed by atoms with Crippen LogP contribution in [-0.4, -0.2) is 19.3 Å². The van der Waals surface area contributed by atoms with E-state index in [1.165, 1.54) is 0 Å². The fourth-order valence-electron chi connectivity index (χ4n) is 2.99. The smallest absolute Gasteiger partial charge is 0.134 e. The molecule has 0 spiro atoms. The molecule has 23 heavy (non-hydrogen) atoms.